The molecule has 0 aliphatic carbocycles. The van der Waals surface area contributed by atoms with Gasteiger partial charge in [-0.25, -0.2) is 0 Å². The molecule has 3 rings (SSSR count). The van der Waals surface area contributed by atoms with E-state index in [4.69, 9.17) is 16.3 Å². The fourth-order valence-corrected chi connectivity index (χ4v) is 3.64. The number of carbonyl (C=O) groups excluding carboxylic acids is 2. The van der Waals surface area contributed by atoms with Gasteiger partial charge in [-0.05, 0) is 54.3 Å². The van der Waals surface area contributed by atoms with Gasteiger partial charge in [-0.3, -0.25) is 9.59 Å². The molecule has 0 spiro atoms. The summed E-state index contributed by atoms with van der Waals surface area (Å²) in [5.74, 6) is -0.289. The number of ether oxygens (including phenoxy) is 1. The van der Waals surface area contributed by atoms with Crippen LogP contribution in [-0.4, -0.2) is 38.6 Å². The highest BCUT2D eigenvalue weighted by Gasteiger charge is 2.34. The molecule has 2 amide bonds. The molecule has 0 atom stereocenters. The molecular formula is C23H25ClN2O3. The second-order valence-corrected chi connectivity index (χ2v) is 7.59. The van der Waals surface area contributed by atoms with Crippen LogP contribution in [0.1, 0.15) is 34.3 Å². The average Bonchev–Trinajstić information content (AvgIpc) is 2.77. The maximum Gasteiger partial charge on any atom is 0.251 e. The Labute approximate surface area is 176 Å². The predicted octanol–water partition coefficient (Wildman–Crippen LogP) is 3.58. The van der Waals surface area contributed by atoms with Crippen molar-refractivity contribution in [1.29, 1.82) is 0 Å². The van der Waals surface area contributed by atoms with E-state index in [9.17, 15) is 9.59 Å². The lowest BCUT2D eigenvalue weighted by molar-refractivity contribution is -0.116. The number of hydrogen-bond acceptors (Lipinski definition) is 3. The zero-order valence-corrected chi connectivity index (χ0v) is 17.2. The number of hydrogen-bond donors (Lipinski definition) is 2. The summed E-state index contributed by atoms with van der Waals surface area (Å²) in [5.41, 5.74) is 2.45. The maximum absolute atomic E-state index is 12.4. The van der Waals surface area contributed by atoms with Crippen molar-refractivity contribution in [2.45, 2.75) is 18.3 Å². The van der Waals surface area contributed by atoms with Gasteiger partial charge in [0.05, 0.1) is 0 Å². The lowest BCUT2D eigenvalue weighted by Gasteiger charge is -2.37. The van der Waals surface area contributed by atoms with Crippen LogP contribution >= 0.6 is 11.6 Å². The van der Waals surface area contributed by atoms with Gasteiger partial charge in [0.2, 0.25) is 5.91 Å². The third-order valence-corrected chi connectivity index (χ3v) is 5.59. The van der Waals surface area contributed by atoms with E-state index in [1.807, 2.05) is 36.4 Å². The van der Waals surface area contributed by atoms with E-state index in [0.29, 0.717) is 30.3 Å². The van der Waals surface area contributed by atoms with Gasteiger partial charge in [-0.15, -0.1) is 0 Å². The quantitative estimate of drug-likeness (QED) is 0.712. The van der Waals surface area contributed by atoms with Crippen molar-refractivity contribution in [1.82, 2.24) is 10.6 Å². The molecule has 1 heterocycles. The van der Waals surface area contributed by atoms with Gasteiger partial charge in [0.1, 0.15) is 0 Å². The first-order valence-corrected chi connectivity index (χ1v) is 10.0. The van der Waals surface area contributed by atoms with E-state index in [1.54, 1.807) is 25.3 Å². The van der Waals surface area contributed by atoms with Crippen LogP contribution in [0.3, 0.4) is 0 Å². The molecule has 6 heteroatoms. The molecule has 1 aliphatic rings. The molecule has 5 nitrogen and oxygen atoms in total. The van der Waals surface area contributed by atoms with E-state index in [-0.39, 0.29) is 17.2 Å². The third-order valence-electron chi connectivity index (χ3n) is 5.33. The van der Waals surface area contributed by atoms with Gasteiger partial charge in [0, 0.05) is 48.9 Å². The molecule has 1 fully saturated rings. The van der Waals surface area contributed by atoms with Crippen molar-refractivity contribution in [3.05, 3.63) is 76.3 Å². The molecule has 152 valence electrons. The van der Waals surface area contributed by atoms with Gasteiger partial charge < -0.3 is 15.4 Å². The highest BCUT2D eigenvalue weighted by molar-refractivity contribution is 6.30. The molecule has 0 aromatic heterocycles. The van der Waals surface area contributed by atoms with Crippen LogP contribution in [0, 0.1) is 0 Å². The third kappa shape index (κ3) is 5.46. The second kappa shape index (κ2) is 9.72. The normalized spacial score (nSPS) is 15.8. The van der Waals surface area contributed by atoms with E-state index in [0.717, 1.165) is 18.4 Å². The Bertz CT molecular complexity index is 870. The smallest absolute Gasteiger partial charge is 0.251 e. The molecule has 0 unspecified atom stereocenters. The van der Waals surface area contributed by atoms with E-state index in [2.05, 4.69) is 10.6 Å². The highest BCUT2D eigenvalue weighted by Crippen LogP contribution is 2.34. The maximum atomic E-state index is 12.4. The number of benzene rings is 2. The van der Waals surface area contributed by atoms with Gasteiger partial charge in [-0.1, -0.05) is 35.9 Å². The van der Waals surface area contributed by atoms with Crippen LogP contribution in [0.25, 0.3) is 6.08 Å². The van der Waals surface area contributed by atoms with Crippen LogP contribution in [-0.2, 0) is 14.9 Å². The van der Waals surface area contributed by atoms with Gasteiger partial charge in [0.15, 0.2) is 0 Å². The van der Waals surface area contributed by atoms with Crippen molar-refractivity contribution in [3.63, 3.8) is 0 Å². The first kappa shape index (κ1) is 21.1. The highest BCUT2D eigenvalue weighted by atomic mass is 35.5. The second-order valence-electron chi connectivity index (χ2n) is 7.15. The van der Waals surface area contributed by atoms with Crippen molar-refractivity contribution in [2.75, 3.05) is 26.8 Å². The predicted molar refractivity (Wildman–Crippen MR) is 115 cm³/mol. The Morgan fingerprint density at radius 3 is 2.34 bits per heavy atom. The zero-order chi connectivity index (χ0) is 20.7. The lowest BCUT2D eigenvalue weighted by Crippen LogP contribution is -2.44. The lowest BCUT2D eigenvalue weighted by atomic mass is 9.74. The molecule has 1 saturated heterocycles. The molecule has 29 heavy (non-hydrogen) atoms. The molecule has 1 aliphatic heterocycles. The minimum atomic E-state index is -0.153. The largest absolute Gasteiger partial charge is 0.381 e. The summed E-state index contributed by atoms with van der Waals surface area (Å²) in [6.45, 7) is 1.88. The summed E-state index contributed by atoms with van der Waals surface area (Å²) in [4.78, 5) is 24.0. The Balaban J connectivity index is 1.63. The molecule has 0 radical (unpaired) electrons. The summed E-state index contributed by atoms with van der Waals surface area (Å²) < 4.78 is 5.54. The SMILES string of the molecule is CNC(=O)c1ccc(/C=C/C(=O)NCC2(c3ccc(Cl)cc3)CCOCC2)cc1. The van der Waals surface area contributed by atoms with Crippen LogP contribution in [0.5, 0.6) is 0 Å². The Morgan fingerprint density at radius 1 is 1.07 bits per heavy atom. The monoisotopic (exact) mass is 412 g/mol. The Hall–Kier alpha value is -2.63. The molecule has 0 bridgehead atoms. The number of carbonyl (C=O) groups is 2. The molecule has 2 aromatic rings. The number of nitrogens with one attached hydrogen (secondary N) is 2. The molecule has 2 N–H and O–H groups in total. The molecule has 0 saturated carbocycles. The fourth-order valence-electron chi connectivity index (χ4n) is 3.51. The minimum Gasteiger partial charge on any atom is -0.381 e. The summed E-state index contributed by atoms with van der Waals surface area (Å²) >= 11 is 6.03. The van der Waals surface area contributed by atoms with Crippen molar-refractivity contribution in [2.24, 2.45) is 0 Å². The summed E-state index contributed by atoms with van der Waals surface area (Å²) in [5, 5.41) is 6.32. The van der Waals surface area contributed by atoms with Crippen LogP contribution < -0.4 is 10.6 Å². The summed E-state index contributed by atoms with van der Waals surface area (Å²) in [6, 6.07) is 14.9. The van der Waals surface area contributed by atoms with E-state index < -0.39 is 0 Å². The summed E-state index contributed by atoms with van der Waals surface area (Å²) in [7, 11) is 1.59. The van der Waals surface area contributed by atoms with Gasteiger partial charge >= 0.3 is 0 Å². The van der Waals surface area contributed by atoms with Gasteiger partial charge in [0.25, 0.3) is 5.91 Å². The first-order valence-electron chi connectivity index (χ1n) is 9.64. The van der Waals surface area contributed by atoms with Crippen molar-refractivity contribution in [3.8, 4) is 0 Å². The number of rotatable bonds is 6. The average molecular weight is 413 g/mol. The van der Waals surface area contributed by atoms with Crippen LogP contribution in [0.15, 0.2) is 54.6 Å². The zero-order valence-electron chi connectivity index (χ0n) is 16.4. The standard InChI is InChI=1S/C23H25ClN2O3/c1-25-22(28)18-5-2-17(3-6-18)4-11-21(27)26-16-23(12-14-29-15-13-23)19-7-9-20(24)10-8-19/h2-11H,12-16H2,1H3,(H,25,28)(H,26,27)/b11-4+. The van der Waals surface area contributed by atoms with Gasteiger partial charge in [-0.2, -0.15) is 0 Å². The minimum absolute atomic E-state index is 0.137. The first-order chi connectivity index (χ1) is 14.0. The Morgan fingerprint density at radius 2 is 1.72 bits per heavy atom. The molecular weight excluding hydrogens is 388 g/mol. The topological polar surface area (TPSA) is 67.4 Å². The molecule has 2 aromatic carbocycles. The fraction of sp³-hybridized carbons (Fsp3) is 0.304. The summed E-state index contributed by atoms with van der Waals surface area (Å²) in [6.07, 6.45) is 4.95. The Kier molecular flexibility index (Phi) is 7.07. The van der Waals surface area contributed by atoms with E-state index in [1.165, 1.54) is 11.6 Å². The van der Waals surface area contributed by atoms with E-state index >= 15 is 0 Å². The van der Waals surface area contributed by atoms with Crippen molar-refractivity contribution >= 4 is 29.5 Å². The van der Waals surface area contributed by atoms with Crippen molar-refractivity contribution < 1.29 is 14.3 Å². The number of amides is 2. The number of halogens is 1. The van der Waals surface area contributed by atoms with Crippen LogP contribution in [0.4, 0.5) is 0 Å². The van der Waals surface area contributed by atoms with Crippen LogP contribution in [0.2, 0.25) is 5.02 Å².